The molecule has 0 aliphatic carbocycles. The van der Waals surface area contributed by atoms with Gasteiger partial charge in [-0.2, -0.15) is 0 Å². The number of benzene rings is 2. The third kappa shape index (κ3) is 5.87. The van der Waals surface area contributed by atoms with Crippen LogP contribution in [0, 0.1) is 0 Å². The number of hydrogen-bond donors (Lipinski definition) is 2. The van der Waals surface area contributed by atoms with E-state index < -0.39 is 0 Å². The van der Waals surface area contributed by atoms with E-state index >= 15 is 0 Å². The Morgan fingerprint density at radius 1 is 1.03 bits per heavy atom. The van der Waals surface area contributed by atoms with Crippen LogP contribution in [0.3, 0.4) is 0 Å². The fraction of sp³-hybridized carbons (Fsp3) is 0.333. The van der Waals surface area contributed by atoms with Crippen LogP contribution < -0.4 is 15.8 Å². The largest absolute Gasteiger partial charge is 0.484 e. The number of carbonyl (C=O) groups is 2. The Balaban J connectivity index is 1.29. The first kappa shape index (κ1) is 21.9. The van der Waals surface area contributed by atoms with Gasteiger partial charge in [-0.05, 0) is 42.0 Å². The Labute approximate surface area is 186 Å². The molecular weight excluding hydrogens is 408 g/mol. The molecule has 0 saturated carbocycles. The predicted molar refractivity (Wildman–Crippen MR) is 123 cm³/mol. The van der Waals surface area contributed by atoms with Crippen LogP contribution in [0.2, 0.25) is 0 Å². The molecule has 3 N–H and O–H groups in total. The molecule has 168 valence electrons. The molecule has 4 rings (SSSR count). The fourth-order valence-corrected chi connectivity index (χ4v) is 3.80. The van der Waals surface area contributed by atoms with Gasteiger partial charge in [-0.3, -0.25) is 14.5 Å². The van der Waals surface area contributed by atoms with Crippen molar-refractivity contribution in [1.82, 2.24) is 9.47 Å². The first-order chi connectivity index (χ1) is 15.6. The molecule has 1 aromatic heterocycles. The van der Waals surface area contributed by atoms with Crippen molar-refractivity contribution in [2.24, 2.45) is 5.73 Å². The van der Waals surface area contributed by atoms with Crippen LogP contribution in [0.25, 0.3) is 10.9 Å². The van der Waals surface area contributed by atoms with E-state index in [2.05, 4.69) is 27.0 Å². The molecule has 0 spiro atoms. The van der Waals surface area contributed by atoms with Gasteiger partial charge in [0.2, 0.25) is 5.91 Å². The molecule has 0 atom stereocenters. The molecule has 2 aromatic carbocycles. The number of aromatic nitrogens is 1. The Bertz CT molecular complexity index is 1070. The highest BCUT2D eigenvalue weighted by Crippen LogP contribution is 2.21. The summed E-state index contributed by atoms with van der Waals surface area (Å²) in [5.74, 6) is -0.0686. The molecule has 0 bridgehead atoms. The van der Waals surface area contributed by atoms with Crippen molar-refractivity contribution in [3.8, 4) is 5.75 Å². The first-order valence-corrected chi connectivity index (χ1v) is 10.8. The van der Waals surface area contributed by atoms with Crippen LogP contribution in [0.15, 0.2) is 54.7 Å². The molecule has 32 heavy (non-hydrogen) atoms. The zero-order chi connectivity index (χ0) is 22.3. The molecular formula is C24H28N4O4. The van der Waals surface area contributed by atoms with Gasteiger partial charge in [-0.1, -0.05) is 12.1 Å². The van der Waals surface area contributed by atoms with Crippen LogP contribution in [-0.2, 0) is 27.3 Å². The molecule has 1 aliphatic heterocycles. The van der Waals surface area contributed by atoms with Crippen LogP contribution in [-0.4, -0.2) is 60.7 Å². The van der Waals surface area contributed by atoms with Crippen LogP contribution in [0.4, 0.5) is 5.69 Å². The lowest BCUT2D eigenvalue weighted by Gasteiger charge is -2.26. The van der Waals surface area contributed by atoms with Gasteiger partial charge in [-0.15, -0.1) is 0 Å². The molecule has 1 fully saturated rings. The standard InChI is InChI=1S/C24H28N4O4/c25-23(29)15-18-1-4-21(5-2-18)32-17-24(30)26-20-3-6-22-19(16-20)7-8-28(22)10-9-27-11-13-31-14-12-27/h1-8,16H,9-15,17H2,(H2,25,29)(H,26,30). The van der Waals surface area contributed by atoms with Gasteiger partial charge in [0.15, 0.2) is 6.61 Å². The summed E-state index contributed by atoms with van der Waals surface area (Å²) in [7, 11) is 0. The summed E-state index contributed by atoms with van der Waals surface area (Å²) in [6.45, 7) is 5.38. The van der Waals surface area contributed by atoms with Crippen molar-refractivity contribution >= 4 is 28.4 Å². The molecule has 2 amide bonds. The smallest absolute Gasteiger partial charge is 0.262 e. The molecule has 2 heterocycles. The molecule has 0 radical (unpaired) electrons. The third-order valence-electron chi connectivity index (χ3n) is 5.49. The Morgan fingerprint density at radius 3 is 2.56 bits per heavy atom. The van der Waals surface area contributed by atoms with Crippen molar-refractivity contribution in [3.05, 3.63) is 60.3 Å². The van der Waals surface area contributed by atoms with Gasteiger partial charge in [0.05, 0.1) is 19.6 Å². The van der Waals surface area contributed by atoms with Crippen molar-refractivity contribution < 1.29 is 19.1 Å². The topological polar surface area (TPSA) is 98.8 Å². The Hall–Kier alpha value is -3.36. The third-order valence-corrected chi connectivity index (χ3v) is 5.49. The number of nitrogens with two attached hydrogens (primary N) is 1. The highest BCUT2D eigenvalue weighted by molar-refractivity contribution is 5.94. The zero-order valence-corrected chi connectivity index (χ0v) is 18.0. The van der Waals surface area contributed by atoms with Crippen molar-refractivity contribution in [2.75, 3.05) is 44.8 Å². The lowest BCUT2D eigenvalue weighted by atomic mass is 10.1. The minimum Gasteiger partial charge on any atom is -0.484 e. The summed E-state index contributed by atoms with van der Waals surface area (Å²) in [6, 6.07) is 14.9. The predicted octanol–water partition coefficient (Wildman–Crippen LogP) is 2.02. The Morgan fingerprint density at radius 2 is 1.81 bits per heavy atom. The summed E-state index contributed by atoms with van der Waals surface area (Å²) in [6.07, 6.45) is 2.26. The van der Waals surface area contributed by atoms with E-state index in [9.17, 15) is 9.59 Å². The monoisotopic (exact) mass is 436 g/mol. The number of hydrogen-bond acceptors (Lipinski definition) is 5. The zero-order valence-electron chi connectivity index (χ0n) is 18.0. The maximum Gasteiger partial charge on any atom is 0.262 e. The van der Waals surface area contributed by atoms with Crippen LogP contribution in [0.5, 0.6) is 5.75 Å². The number of amides is 2. The highest BCUT2D eigenvalue weighted by atomic mass is 16.5. The molecule has 1 aliphatic rings. The average molecular weight is 437 g/mol. The second kappa shape index (κ2) is 10.3. The molecule has 8 nitrogen and oxygen atoms in total. The first-order valence-electron chi connectivity index (χ1n) is 10.8. The highest BCUT2D eigenvalue weighted by Gasteiger charge is 2.11. The maximum atomic E-state index is 12.3. The van der Waals surface area contributed by atoms with Gasteiger partial charge in [0.1, 0.15) is 5.75 Å². The van der Waals surface area contributed by atoms with Gasteiger partial charge < -0.3 is 25.1 Å². The van der Waals surface area contributed by atoms with Crippen LogP contribution in [0.1, 0.15) is 5.56 Å². The van der Waals surface area contributed by atoms with E-state index in [1.54, 1.807) is 24.3 Å². The maximum absolute atomic E-state index is 12.3. The number of primary amides is 1. The second-order valence-corrected chi connectivity index (χ2v) is 7.86. The van der Waals surface area contributed by atoms with E-state index in [0.29, 0.717) is 5.75 Å². The number of rotatable bonds is 9. The second-order valence-electron chi connectivity index (χ2n) is 7.86. The van der Waals surface area contributed by atoms with Gasteiger partial charge in [0.25, 0.3) is 5.91 Å². The van der Waals surface area contributed by atoms with Crippen molar-refractivity contribution in [1.29, 1.82) is 0 Å². The number of nitrogens with one attached hydrogen (secondary N) is 1. The van der Waals surface area contributed by atoms with E-state index in [1.165, 1.54) is 0 Å². The quantitative estimate of drug-likeness (QED) is 0.535. The van der Waals surface area contributed by atoms with Crippen molar-refractivity contribution in [2.45, 2.75) is 13.0 Å². The van der Waals surface area contributed by atoms with E-state index in [4.69, 9.17) is 15.2 Å². The number of anilines is 1. The molecule has 0 unspecified atom stereocenters. The summed E-state index contributed by atoms with van der Waals surface area (Å²) in [5, 5.41) is 3.96. The van der Waals surface area contributed by atoms with Crippen molar-refractivity contribution in [3.63, 3.8) is 0 Å². The fourth-order valence-electron chi connectivity index (χ4n) is 3.80. The number of fused-ring (bicyclic) bond motifs is 1. The summed E-state index contributed by atoms with van der Waals surface area (Å²) >= 11 is 0. The Kier molecular flexibility index (Phi) is 7.03. The number of ether oxygens (including phenoxy) is 2. The summed E-state index contributed by atoms with van der Waals surface area (Å²) < 4.78 is 13.2. The molecule has 3 aromatic rings. The minimum absolute atomic E-state index is 0.103. The lowest BCUT2D eigenvalue weighted by molar-refractivity contribution is -0.118. The van der Waals surface area contributed by atoms with Gasteiger partial charge in [-0.25, -0.2) is 0 Å². The normalized spacial score (nSPS) is 14.4. The number of morpholine rings is 1. The van der Waals surface area contributed by atoms with Crippen LogP contribution >= 0.6 is 0 Å². The summed E-state index contributed by atoms with van der Waals surface area (Å²) in [5.41, 5.74) is 7.86. The lowest BCUT2D eigenvalue weighted by Crippen LogP contribution is -2.38. The summed E-state index contributed by atoms with van der Waals surface area (Å²) in [4.78, 5) is 25.7. The number of carbonyl (C=O) groups excluding carboxylic acids is 2. The van der Waals surface area contributed by atoms with E-state index in [-0.39, 0.29) is 24.8 Å². The molecule has 8 heteroatoms. The number of nitrogens with zero attached hydrogens (tertiary/aromatic N) is 2. The van der Waals surface area contributed by atoms with E-state index in [0.717, 1.165) is 61.5 Å². The van der Waals surface area contributed by atoms with Gasteiger partial charge in [0, 0.05) is 49.0 Å². The molecule has 1 saturated heterocycles. The SMILES string of the molecule is NC(=O)Cc1ccc(OCC(=O)Nc2ccc3c(ccn3CCN3CCOCC3)c2)cc1. The minimum atomic E-state index is -0.387. The van der Waals surface area contributed by atoms with Gasteiger partial charge >= 0.3 is 0 Å². The van der Waals surface area contributed by atoms with E-state index in [1.807, 2.05) is 18.2 Å². The average Bonchev–Trinajstić information content (AvgIpc) is 3.20.